The molecular weight excluding hydrogens is 438 g/mol. The van der Waals surface area contributed by atoms with E-state index in [0.29, 0.717) is 16.9 Å². The number of pyridine rings is 1. The van der Waals surface area contributed by atoms with Crippen LogP contribution < -0.4 is 15.5 Å². The second kappa shape index (κ2) is 9.54. The molecule has 1 amide bonds. The van der Waals surface area contributed by atoms with Crippen LogP contribution in [0.2, 0.25) is 0 Å². The largest absolute Gasteiger partial charge is 0.495 e. The molecule has 0 aliphatic carbocycles. The van der Waals surface area contributed by atoms with Crippen molar-refractivity contribution in [2.45, 2.75) is 78.6 Å². The van der Waals surface area contributed by atoms with E-state index < -0.39 is 35.8 Å². The van der Waals surface area contributed by atoms with Gasteiger partial charge in [-0.2, -0.15) is 0 Å². The van der Waals surface area contributed by atoms with Crippen molar-refractivity contribution in [2.75, 3.05) is 6.54 Å². The zero-order valence-corrected chi connectivity index (χ0v) is 21.2. The molecular formula is C25H34BFN2O5. The molecule has 1 saturated heterocycles. The zero-order valence-electron chi connectivity index (χ0n) is 21.2. The molecule has 0 radical (unpaired) electrons. The minimum absolute atomic E-state index is 0.0330. The van der Waals surface area contributed by atoms with E-state index in [1.165, 1.54) is 0 Å². The van der Waals surface area contributed by atoms with E-state index in [1.807, 2.05) is 40.7 Å². The van der Waals surface area contributed by atoms with Crippen LogP contribution in [0.25, 0.3) is 0 Å². The molecule has 3 rings (SSSR count). The summed E-state index contributed by atoms with van der Waals surface area (Å²) in [5.74, 6) is -0.229. The fourth-order valence-corrected chi connectivity index (χ4v) is 3.43. The quantitative estimate of drug-likeness (QED) is 0.615. The molecule has 1 aromatic heterocycles. The molecule has 0 bridgehead atoms. The van der Waals surface area contributed by atoms with Crippen molar-refractivity contribution < 1.29 is 28.0 Å². The SMILES string of the molecule is Cc1cccc(Oc2ccc(B3OC(C)(C)C(C)(C)O3)c(CCNC(=O)OC(C)(C)C)c2F)n1. The first-order valence-corrected chi connectivity index (χ1v) is 11.4. The van der Waals surface area contributed by atoms with Gasteiger partial charge in [-0.3, -0.25) is 0 Å². The van der Waals surface area contributed by atoms with Gasteiger partial charge in [-0.1, -0.05) is 12.1 Å². The van der Waals surface area contributed by atoms with Crippen LogP contribution in [0.1, 0.15) is 59.7 Å². The predicted octanol–water partition coefficient (Wildman–Crippen LogP) is 4.69. The first-order chi connectivity index (χ1) is 15.7. The van der Waals surface area contributed by atoms with Crippen molar-refractivity contribution in [3.05, 3.63) is 47.4 Å². The topological polar surface area (TPSA) is 78.9 Å². The molecule has 0 unspecified atom stereocenters. The number of carbonyl (C=O) groups excluding carboxylic acids is 1. The molecule has 2 aromatic rings. The number of hydrogen-bond donors (Lipinski definition) is 1. The Labute approximate surface area is 201 Å². The Morgan fingerprint density at radius 3 is 2.35 bits per heavy atom. The van der Waals surface area contributed by atoms with Crippen LogP contribution in [-0.2, 0) is 20.5 Å². The third kappa shape index (κ3) is 6.07. The molecule has 1 aliphatic heterocycles. The van der Waals surface area contributed by atoms with E-state index in [4.69, 9.17) is 18.8 Å². The first kappa shape index (κ1) is 26.0. The number of halogens is 1. The molecule has 0 spiro atoms. The Kier molecular flexibility index (Phi) is 7.29. The maximum absolute atomic E-state index is 15.7. The van der Waals surface area contributed by atoms with Crippen LogP contribution in [-0.4, -0.2) is 41.5 Å². The average molecular weight is 472 g/mol. The fourth-order valence-electron chi connectivity index (χ4n) is 3.43. The highest BCUT2D eigenvalue weighted by Crippen LogP contribution is 2.37. The fraction of sp³-hybridized carbons (Fsp3) is 0.520. The van der Waals surface area contributed by atoms with Gasteiger partial charge in [-0.25, -0.2) is 14.2 Å². The van der Waals surface area contributed by atoms with Gasteiger partial charge in [0.1, 0.15) is 5.60 Å². The number of amides is 1. The summed E-state index contributed by atoms with van der Waals surface area (Å²) in [6.07, 6.45) is -0.385. The van der Waals surface area contributed by atoms with Crippen LogP contribution in [0.4, 0.5) is 9.18 Å². The number of aryl methyl sites for hydroxylation is 1. The summed E-state index contributed by atoms with van der Waals surface area (Å²) in [6.45, 7) is 15.1. The number of alkyl carbamates (subject to hydrolysis) is 1. The number of benzene rings is 1. The number of nitrogens with zero attached hydrogens (tertiary/aromatic N) is 1. The van der Waals surface area contributed by atoms with E-state index in [9.17, 15) is 4.79 Å². The third-order valence-electron chi connectivity index (χ3n) is 5.87. The lowest BCUT2D eigenvalue weighted by atomic mass is 9.75. The van der Waals surface area contributed by atoms with Crippen LogP contribution in [0.5, 0.6) is 11.6 Å². The molecule has 184 valence electrons. The number of ether oxygens (including phenoxy) is 2. The van der Waals surface area contributed by atoms with Crippen molar-refractivity contribution >= 4 is 18.7 Å². The Balaban J connectivity index is 1.89. The maximum atomic E-state index is 15.7. The first-order valence-electron chi connectivity index (χ1n) is 11.4. The highest BCUT2D eigenvalue weighted by Gasteiger charge is 2.52. The molecule has 1 fully saturated rings. The maximum Gasteiger partial charge on any atom is 0.495 e. The third-order valence-corrected chi connectivity index (χ3v) is 5.87. The Bertz CT molecular complexity index is 1040. The summed E-state index contributed by atoms with van der Waals surface area (Å²) in [4.78, 5) is 16.4. The van der Waals surface area contributed by atoms with Gasteiger partial charge < -0.3 is 24.1 Å². The highest BCUT2D eigenvalue weighted by atomic mass is 19.1. The van der Waals surface area contributed by atoms with Crippen molar-refractivity contribution in [3.63, 3.8) is 0 Å². The van der Waals surface area contributed by atoms with E-state index >= 15 is 4.39 Å². The lowest BCUT2D eigenvalue weighted by Gasteiger charge is -2.32. The highest BCUT2D eigenvalue weighted by molar-refractivity contribution is 6.62. The molecule has 7 nitrogen and oxygen atoms in total. The number of aromatic nitrogens is 1. The monoisotopic (exact) mass is 472 g/mol. The van der Waals surface area contributed by atoms with Crippen molar-refractivity contribution in [1.82, 2.24) is 10.3 Å². The summed E-state index contributed by atoms with van der Waals surface area (Å²) in [7, 11) is -0.762. The number of nitrogens with one attached hydrogen (secondary N) is 1. The molecule has 9 heteroatoms. The lowest BCUT2D eigenvalue weighted by molar-refractivity contribution is 0.00578. The van der Waals surface area contributed by atoms with Crippen LogP contribution in [0.3, 0.4) is 0 Å². The van der Waals surface area contributed by atoms with Crippen LogP contribution >= 0.6 is 0 Å². The minimum Gasteiger partial charge on any atom is -0.444 e. The summed E-state index contributed by atoms with van der Waals surface area (Å²) in [5, 5.41) is 2.68. The van der Waals surface area contributed by atoms with E-state index in [-0.39, 0.29) is 18.7 Å². The predicted molar refractivity (Wildman–Crippen MR) is 129 cm³/mol. The summed E-state index contributed by atoms with van der Waals surface area (Å²) in [6, 6.07) is 8.57. The van der Waals surface area contributed by atoms with Gasteiger partial charge in [-0.05, 0) is 85.0 Å². The van der Waals surface area contributed by atoms with Gasteiger partial charge in [0.25, 0.3) is 0 Å². The molecule has 1 aromatic carbocycles. The van der Waals surface area contributed by atoms with Gasteiger partial charge in [0, 0.05) is 18.3 Å². The van der Waals surface area contributed by atoms with E-state index in [2.05, 4.69) is 10.3 Å². The summed E-state index contributed by atoms with van der Waals surface area (Å²) >= 11 is 0. The molecule has 1 aliphatic rings. The summed E-state index contributed by atoms with van der Waals surface area (Å²) < 4.78 is 39.1. The molecule has 0 atom stereocenters. The Hall–Kier alpha value is -2.65. The zero-order chi connectivity index (χ0) is 25.3. The van der Waals surface area contributed by atoms with E-state index in [0.717, 1.165) is 5.69 Å². The Morgan fingerprint density at radius 2 is 1.76 bits per heavy atom. The second-order valence-corrected chi connectivity index (χ2v) is 10.4. The van der Waals surface area contributed by atoms with Gasteiger partial charge in [-0.15, -0.1) is 0 Å². The van der Waals surface area contributed by atoms with Gasteiger partial charge >= 0.3 is 13.2 Å². The van der Waals surface area contributed by atoms with Gasteiger partial charge in [0.15, 0.2) is 11.6 Å². The van der Waals surface area contributed by atoms with E-state index in [1.54, 1.807) is 45.0 Å². The number of carbonyl (C=O) groups is 1. The number of hydrogen-bond acceptors (Lipinski definition) is 6. The van der Waals surface area contributed by atoms with Crippen molar-refractivity contribution in [3.8, 4) is 11.6 Å². The standard InChI is InChI=1S/C25H34BFN2O5/c1-16-10-9-11-20(29-16)31-19-13-12-18(26-33-24(5,6)25(7,8)34-26)17(21(19)27)14-15-28-22(30)32-23(2,3)4/h9-13H,14-15H2,1-8H3,(H,28,30). The minimum atomic E-state index is -0.762. The lowest BCUT2D eigenvalue weighted by Crippen LogP contribution is -2.41. The van der Waals surface area contributed by atoms with Crippen LogP contribution in [0, 0.1) is 12.7 Å². The smallest absolute Gasteiger partial charge is 0.444 e. The van der Waals surface area contributed by atoms with Gasteiger partial charge in [0.05, 0.1) is 11.2 Å². The molecule has 2 heterocycles. The molecule has 34 heavy (non-hydrogen) atoms. The van der Waals surface area contributed by atoms with Crippen molar-refractivity contribution in [1.29, 1.82) is 0 Å². The summed E-state index contributed by atoms with van der Waals surface area (Å²) in [5.41, 5.74) is -0.153. The second-order valence-electron chi connectivity index (χ2n) is 10.4. The number of rotatable bonds is 6. The van der Waals surface area contributed by atoms with Crippen molar-refractivity contribution in [2.24, 2.45) is 0 Å². The van der Waals surface area contributed by atoms with Gasteiger partial charge in [0.2, 0.25) is 5.88 Å². The Morgan fingerprint density at radius 1 is 1.12 bits per heavy atom. The van der Waals surface area contributed by atoms with Crippen LogP contribution in [0.15, 0.2) is 30.3 Å². The molecule has 0 saturated carbocycles. The molecule has 1 N–H and O–H groups in total. The average Bonchev–Trinajstić information content (AvgIpc) is 2.90. The normalized spacial score (nSPS) is 16.9.